The van der Waals surface area contributed by atoms with E-state index in [-0.39, 0.29) is 12.3 Å². The quantitative estimate of drug-likeness (QED) is 0.450. The summed E-state index contributed by atoms with van der Waals surface area (Å²) in [6.45, 7) is 5.43. The molecule has 0 radical (unpaired) electrons. The number of carbonyl (C=O) groups excluding carboxylic acids is 1. The number of carbonyl (C=O) groups is 1. The number of piperazine rings is 1. The molecule has 0 N–H and O–H groups in total. The lowest BCUT2D eigenvalue weighted by atomic mass is 10.1. The highest BCUT2D eigenvalue weighted by molar-refractivity contribution is 5.78. The number of nitrogens with zero attached hydrogens (tertiary/aromatic N) is 5. The summed E-state index contributed by atoms with van der Waals surface area (Å²) in [6, 6.07) is 17.7. The summed E-state index contributed by atoms with van der Waals surface area (Å²) in [5, 5.41) is 4.10. The van der Waals surface area contributed by atoms with E-state index >= 15 is 0 Å². The van der Waals surface area contributed by atoms with E-state index in [4.69, 9.17) is 8.94 Å². The van der Waals surface area contributed by atoms with Gasteiger partial charge in [-0.2, -0.15) is 4.98 Å². The summed E-state index contributed by atoms with van der Waals surface area (Å²) in [6.07, 6.45) is 1.80. The highest BCUT2D eigenvalue weighted by Gasteiger charge is 2.23. The van der Waals surface area contributed by atoms with Gasteiger partial charge in [-0.15, -0.1) is 0 Å². The van der Waals surface area contributed by atoms with E-state index in [9.17, 15) is 4.79 Å². The first-order chi connectivity index (χ1) is 16.1. The number of amides is 1. The fourth-order valence-electron chi connectivity index (χ4n) is 3.85. The van der Waals surface area contributed by atoms with Gasteiger partial charge in [0.05, 0.1) is 18.7 Å². The van der Waals surface area contributed by atoms with Gasteiger partial charge in [0.1, 0.15) is 6.26 Å². The van der Waals surface area contributed by atoms with E-state index in [0.29, 0.717) is 42.9 Å². The average molecular weight is 444 g/mol. The topological polar surface area (TPSA) is 88.5 Å². The van der Waals surface area contributed by atoms with Crippen LogP contribution in [-0.2, 0) is 17.8 Å². The minimum Gasteiger partial charge on any atom is -0.444 e. The van der Waals surface area contributed by atoms with E-state index in [1.165, 1.54) is 5.56 Å². The lowest BCUT2D eigenvalue weighted by Crippen LogP contribution is -2.48. The van der Waals surface area contributed by atoms with Crippen LogP contribution in [0.15, 0.2) is 69.8 Å². The zero-order chi connectivity index (χ0) is 22.6. The van der Waals surface area contributed by atoms with Crippen molar-refractivity contribution in [3.63, 3.8) is 0 Å². The number of aromatic nitrogens is 3. The minimum absolute atomic E-state index is 0.0574. The molecular weight excluding hydrogens is 418 g/mol. The summed E-state index contributed by atoms with van der Waals surface area (Å²) >= 11 is 0. The molecule has 3 heterocycles. The first-order valence-electron chi connectivity index (χ1n) is 11.0. The van der Waals surface area contributed by atoms with E-state index in [1.54, 1.807) is 6.26 Å². The molecule has 5 rings (SSSR count). The maximum atomic E-state index is 12.7. The molecule has 2 aromatic heterocycles. The van der Waals surface area contributed by atoms with Gasteiger partial charge in [-0.05, 0) is 19.1 Å². The highest BCUT2D eigenvalue weighted by atomic mass is 16.5. The molecule has 0 unspecified atom stereocenters. The molecule has 0 aliphatic carbocycles. The number of rotatable bonds is 6. The number of hydrogen-bond acceptors (Lipinski definition) is 7. The summed E-state index contributed by atoms with van der Waals surface area (Å²) in [7, 11) is 0. The van der Waals surface area contributed by atoms with Crippen molar-refractivity contribution in [2.45, 2.75) is 19.9 Å². The van der Waals surface area contributed by atoms with Gasteiger partial charge >= 0.3 is 0 Å². The molecule has 168 valence electrons. The Balaban J connectivity index is 1.12. The molecule has 1 fully saturated rings. The van der Waals surface area contributed by atoms with Crippen LogP contribution in [0.25, 0.3) is 22.8 Å². The molecule has 8 heteroatoms. The standard InChI is InChI=1S/C25H25N5O3/c1-18-7-9-19(10-8-18)24-27-22(33-28-24)16-29-11-13-30(14-12-29)23(31)15-21-17-32-25(26-21)20-5-3-2-4-6-20/h2-10,17H,11-16H2,1H3. The summed E-state index contributed by atoms with van der Waals surface area (Å²) in [5.41, 5.74) is 3.68. The summed E-state index contributed by atoms with van der Waals surface area (Å²) < 4.78 is 11.0. The first kappa shape index (κ1) is 21.1. The maximum Gasteiger partial charge on any atom is 0.241 e. The molecular formula is C25H25N5O3. The molecule has 0 bridgehead atoms. The van der Waals surface area contributed by atoms with Crippen LogP contribution in [0.2, 0.25) is 0 Å². The largest absolute Gasteiger partial charge is 0.444 e. The Morgan fingerprint density at radius 1 is 0.939 bits per heavy atom. The molecule has 0 saturated carbocycles. The molecule has 1 amide bonds. The number of hydrogen-bond donors (Lipinski definition) is 0. The molecule has 1 aliphatic heterocycles. The second kappa shape index (κ2) is 9.38. The molecule has 1 saturated heterocycles. The third-order valence-electron chi connectivity index (χ3n) is 5.77. The van der Waals surface area contributed by atoms with Gasteiger partial charge in [0.2, 0.25) is 23.5 Å². The molecule has 33 heavy (non-hydrogen) atoms. The Hall–Kier alpha value is -3.78. The number of aryl methyl sites for hydroxylation is 1. The first-order valence-corrected chi connectivity index (χ1v) is 11.0. The lowest BCUT2D eigenvalue weighted by molar-refractivity contribution is -0.132. The number of oxazole rings is 1. The third-order valence-corrected chi connectivity index (χ3v) is 5.77. The van der Waals surface area contributed by atoms with Gasteiger partial charge in [0.15, 0.2) is 0 Å². The monoisotopic (exact) mass is 443 g/mol. The van der Waals surface area contributed by atoms with Crippen LogP contribution in [0.1, 0.15) is 17.1 Å². The van der Waals surface area contributed by atoms with Crippen molar-refractivity contribution in [3.8, 4) is 22.8 Å². The normalized spacial score (nSPS) is 14.5. The van der Waals surface area contributed by atoms with E-state index in [2.05, 4.69) is 20.0 Å². The van der Waals surface area contributed by atoms with Crippen LogP contribution in [0.3, 0.4) is 0 Å². The van der Waals surface area contributed by atoms with Gasteiger partial charge in [0.25, 0.3) is 0 Å². The predicted molar refractivity (Wildman–Crippen MR) is 122 cm³/mol. The zero-order valence-electron chi connectivity index (χ0n) is 18.5. The second-order valence-electron chi connectivity index (χ2n) is 8.22. The Kier molecular flexibility index (Phi) is 5.99. The van der Waals surface area contributed by atoms with Crippen molar-refractivity contribution in [3.05, 3.63) is 78.0 Å². The van der Waals surface area contributed by atoms with Crippen LogP contribution >= 0.6 is 0 Å². The Morgan fingerprint density at radius 2 is 1.70 bits per heavy atom. The Bertz CT molecular complexity index is 1210. The smallest absolute Gasteiger partial charge is 0.241 e. The molecule has 8 nitrogen and oxygen atoms in total. The lowest BCUT2D eigenvalue weighted by Gasteiger charge is -2.33. The van der Waals surface area contributed by atoms with Crippen LogP contribution in [0, 0.1) is 6.92 Å². The van der Waals surface area contributed by atoms with Crippen molar-refractivity contribution in [1.82, 2.24) is 24.9 Å². The van der Waals surface area contributed by atoms with Gasteiger partial charge in [-0.3, -0.25) is 9.69 Å². The highest BCUT2D eigenvalue weighted by Crippen LogP contribution is 2.19. The SMILES string of the molecule is Cc1ccc(-c2noc(CN3CCN(C(=O)Cc4coc(-c5ccccc5)n4)CC3)n2)cc1. The fourth-order valence-corrected chi connectivity index (χ4v) is 3.85. The van der Waals surface area contributed by atoms with E-state index in [1.807, 2.05) is 66.4 Å². The Labute approximate surface area is 191 Å². The second-order valence-corrected chi connectivity index (χ2v) is 8.22. The molecule has 4 aromatic rings. The number of benzene rings is 2. The molecule has 0 atom stereocenters. The van der Waals surface area contributed by atoms with Crippen LogP contribution in [0.5, 0.6) is 0 Å². The van der Waals surface area contributed by atoms with Crippen LogP contribution in [-0.4, -0.2) is 57.0 Å². The van der Waals surface area contributed by atoms with Crippen molar-refractivity contribution in [2.75, 3.05) is 26.2 Å². The van der Waals surface area contributed by atoms with Crippen LogP contribution in [0.4, 0.5) is 0 Å². The zero-order valence-corrected chi connectivity index (χ0v) is 18.5. The Morgan fingerprint density at radius 3 is 2.45 bits per heavy atom. The minimum atomic E-state index is 0.0574. The fraction of sp³-hybridized carbons (Fsp3) is 0.280. The van der Waals surface area contributed by atoms with E-state index in [0.717, 1.165) is 24.2 Å². The average Bonchev–Trinajstić information content (AvgIpc) is 3.51. The van der Waals surface area contributed by atoms with E-state index < -0.39 is 0 Å². The van der Waals surface area contributed by atoms with Gasteiger partial charge < -0.3 is 13.8 Å². The van der Waals surface area contributed by atoms with Crippen molar-refractivity contribution >= 4 is 5.91 Å². The van der Waals surface area contributed by atoms with Crippen molar-refractivity contribution < 1.29 is 13.7 Å². The van der Waals surface area contributed by atoms with Crippen molar-refractivity contribution in [1.29, 1.82) is 0 Å². The molecule has 2 aromatic carbocycles. The van der Waals surface area contributed by atoms with Gasteiger partial charge in [-0.1, -0.05) is 53.2 Å². The summed E-state index contributed by atoms with van der Waals surface area (Å²) in [5.74, 6) is 1.78. The van der Waals surface area contributed by atoms with Crippen molar-refractivity contribution in [2.24, 2.45) is 0 Å². The molecule has 1 aliphatic rings. The van der Waals surface area contributed by atoms with Crippen LogP contribution < -0.4 is 0 Å². The molecule has 0 spiro atoms. The maximum absolute atomic E-state index is 12.7. The summed E-state index contributed by atoms with van der Waals surface area (Å²) in [4.78, 5) is 25.8. The third kappa shape index (κ3) is 5.01. The van der Waals surface area contributed by atoms with Gasteiger partial charge in [-0.25, -0.2) is 4.98 Å². The van der Waals surface area contributed by atoms with Gasteiger partial charge in [0, 0.05) is 37.3 Å². The predicted octanol–water partition coefficient (Wildman–Crippen LogP) is 3.59.